The second kappa shape index (κ2) is 5.16. The third-order valence-corrected chi connectivity index (χ3v) is 2.45. The summed E-state index contributed by atoms with van der Waals surface area (Å²) in [4.78, 5) is 16.8. The first-order chi connectivity index (χ1) is 8.33. The monoisotopic (exact) mass is 226 g/mol. The van der Waals surface area contributed by atoms with Gasteiger partial charge in [-0.05, 0) is 24.3 Å². The molecule has 86 valence electrons. The van der Waals surface area contributed by atoms with Gasteiger partial charge in [0.05, 0.1) is 0 Å². The summed E-state index contributed by atoms with van der Waals surface area (Å²) in [5, 5.41) is 0. The van der Waals surface area contributed by atoms with Crippen molar-refractivity contribution >= 4 is 11.6 Å². The number of carbonyl (C=O) groups excluding carboxylic acids is 1. The molecule has 0 atom stereocenters. The van der Waals surface area contributed by atoms with Gasteiger partial charge in [0.15, 0.2) is 0 Å². The van der Waals surface area contributed by atoms with Crippen LogP contribution in [-0.2, 0) is 0 Å². The lowest BCUT2D eigenvalue weighted by Crippen LogP contribution is -2.31. The second-order valence-electron chi connectivity index (χ2n) is 3.62. The molecule has 0 fully saturated rings. The zero-order chi connectivity index (χ0) is 12.1. The highest BCUT2D eigenvalue weighted by Gasteiger charge is 2.16. The predicted molar refractivity (Wildman–Crippen MR) is 69.1 cm³/mol. The molecule has 1 heterocycles. The van der Waals surface area contributed by atoms with Crippen molar-refractivity contribution < 1.29 is 4.79 Å². The summed E-state index contributed by atoms with van der Waals surface area (Å²) in [6, 6.07) is 13.1. The highest BCUT2D eigenvalue weighted by molar-refractivity contribution is 6.05. The number of H-pyrrole nitrogens is 1. The van der Waals surface area contributed by atoms with E-state index in [0.29, 0.717) is 12.2 Å². The van der Waals surface area contributed by atoms with Crippen LogP contribution in [0.1, 0.15) is 10.5 Å². The molecule has 3 heteroatoms. The summed E-state index contributed by atoms with van der Waals surface area (Å²) < 4.78 is 0. The molecule has 0 radical (unpaired) electrons. The van der Waals surface area contributed by atoms with Crippen LogP contribution in [0.5, 0.6) is 0 Å². The highest BCUT2D eigenvalue weighted by atomic mass is 16.2. The lowest BCUT2D eigenvalue weighted by Gasteiger charge is -2.20. The Morgan fingerprint density at radius 2 is 2.00 bits per heavy atom. The number of amides is 1. The molecule has 1 aromatic carbocycles. The van der Waals surface area contributed by atoms with Gasteiger partial charge in [0.2, 0.25) is 0 Å². The Morgan fingerprint density at radius 3 is 2.59 bits per heavy atom. The molecule has 1 N–H and O–H groups in total. The van der Waals surface area contributed by atoms with Gasteiger partial charge in [-0.25, -0.2) is 0 Å². The number of nitrogens with zero attached hydrogens (tertiary/aromatic N) is 1. The molecule has 3 nitrogen and oxygen atoms in total. The fourth-order valence-electron chi connectivity index (χ4n) is 1.65. The van der Waals surface area contributed by atoms with E-state index >= 15 is 0 Å². The van der Waals surface area contributed by atoms with Crippen LogP contribution in [0.4, 0.5) is 5.69 Å². The Hall–Kier alpha value is -2.29. The number of para-hydroxylation sites is 1. The molecule has 1 aromatic heterocycles. The summed E-state index contributed by atoms with van der Waals surface area (Å²) in [5.74, 6) is -0.0545. The maximum absolute atomic E-state index is 12.2. The standard InChI is InChI=1S/C14H14N2O/c1-2-11-16(12-7-4-3-5-8-12)14(17)13-9-6-10-15-13/h2-10,15H,1,11H2. The van der Waals surface area contributed by atoms with Crippen LogP contribution in [0, 0.1) is 0 Å². The van der Waals surface area contributed by atoms with Crippen molar-refractivity contribution in [2.24, 2.45) is 0 Å². The van der Waals surface area contributed by atoms with Gasteiger partial charge in [-0.2, -0.15) is 0 Å². The molecule has 0 saturated heterocycles. The van der Waals surface area contributed by atoms with E-state index in [2.05, 4.69) is 11.6 Å². The SMILES string of the molecule is C=CCN(C(=O)c1ccc[nH]1)c1ccccc1. The molecule has 0 bridgehead atoms. The normalized spacial score (nSPS) is 9.88. The van der Waals surface area contributed by atoms with E-state index in [0.717, 1.165) is 5.69 Å². The van der Waals surface area contributed by atoms with Gasteiger partial charge in [0.1, 0.15) is 5.69 Å². The van der Waals surface area contributed by atoms with E-state index < -0.39 is 0 Å². The first kappa shape index (κ1) is 11.2. The number of carbonyl (C=O) groups is 1. The summed E-state index contributed by atoms with van der Waals surface area (Å²) >= 11 is 0. The van der Waals surface area contributed by atoms with Crippen molar-refractivity contribution in [2.45, 2.75) is 0 Å². The van der Waals surface area contributed by atoms with Crippen LogP contribution in [0.15, 0.2) is 61.3 Å². The number of anilines is 1. The molecule has 2 aromatic rings. The van der Waals surface area contributed by atoms with Gasteiger partial charge in [0, 0.05) is 18.4 Å². The Balaban J connectivity index is 2.30. The van der Waals surface area contributed by atoms with Gasteiger partial charge >= 0.3 is 0 Å². The van der Waals surface area contributed by atoms with Crippen LogP contribution in [0.25, 0.3) is 0 Å². The summed E-state index contributed by atoms with van der Waals surface area (Å²) in [6.07, 6.45) is 3.46. The Bertz CT molecular complexity index is 488. The third kappa shape index (κ3) is 2.45. The summed E-state index contributed by atoms with van der Waals surface area (Å²) in [5.41, 5.74) is 1.45. The second-order valence-corrected chi connectivity index (χ2v) is 3.62. The number of aromatic nitrogens is 1. The van der Waals surface area contributed by atoms with Crippen LogP contribution >= 0.6 is 0 Å². The quantitative estimate of drug-likeness (QED) is 0.799. The third-order valence-electron chi connectivity index (χ3n) is 2.45. The highest BCUT2D eigenvalue weighted by Crippen LogP contribution is 2.15. The van der Waals surface area contributed by atoms with Crippen molar-refractivity contribution in [1.82, 2.24) is 4.98 Å². The molecule has 0 spiro atoms. The average Bonchev–Trinajstić information content (AvgIpc) is 2.90. The van der Waals surface area contributed by atoms with Crippen molar-refractivity contribution in [3.8, 4) is 0 Å². The van der Waals surface area contributed by atoms with Gasteiger partial charge in [0.25, 0.3) is 5.91 Å². The smallest absolute Gasteiger partial charge is 0.274 e. The number of aromatic amines is 1. The number of hydrogen-bond donors (Lipinski definition) is 1. The van der Waals surface area contributed by atoms with Gasteiger partial charge in [-0.3, -0.25) is 4.79 Å². The molecule has 0 aliphatic rings. The zero-order valence-corrected chi connectivity index (χ0v) is 9.47. The average molecular weight is 226 g/mol. The van der Waals surface area contributed by atoms with Crippen molar-refractivity contribution in [3.63, 3.8) is 0 Å². The van der Waals surface area contributed by atoms with Crippen LogP contribution in [0.2, 0.25) is 0 Å². The lowest BCUT2D eigenvalue weighted by atomic mass is 10.2. The zero-order valence-electron chi connectivity index (χ0n) is 9.47. The molecule has 0 aliphatic carbocycles. The van der Waals surface area contributed by atoms with Gasteiger partial charge in [-0.1, -0.05) is 24.3 Å². The summed E-state index contributed by atoms with van der Waals surface area (Å²) in [7, 11) is 0. The first-order valence-corrected chi connectivity index (χ1v) is 5.44. The van der Waals surface area contributed by atoms with E-state index in [4.69, 9.17) is 0 Å². The molecular weight excluding hydrogens is 212 g/mol. The number of benzene rings is 1. The summed E-state index contributed by atoms with van der Waals surface area (Å²) in [6.45, 7) is 4.17. The molecular formula is C14H14N2O. The van der Waals surface area contributed by atoms with E-state index in [1.54, 1.807) is 23.2 Å². The van der Waals surface area contributed by atoms with Gasteiger partial charge < -0.3 is 9.88 Å². The molecule has 0 unspecified atom stereocenters. The van der Waals surface area contributed by atoms with Crippen molar-refractivity contribution in [2.75, 3.05) is 11.4 Å². The minimum atomic E-state index is -0.0545. The minimum Gasteiger partial charge on any atom is -0.357 e. The van der Waals surface area contributed by atoms with Crippen LogP contribution in [-0.4, -0.2) is 17.4 Å². The molecule has 17 heavy (non-hydrogen) atoms. The van der Waals surface area contributed by atoms with Crippen LogP contribution < -0.4 is 4.90 Å². The van der Waals surface area contributed by atoms with E-state index in [1.807, 2.05) is 36.4 Å². The van der Waals surface area contributed by atoms with Crippen LogP contribution in [0.3, 0.4) is 0 Å². The Labute approximate surface area is 100 Å². The van der Waals surface area contributed by atoms with E-state index in [9.17, 15) is 4.79 Å². The maximum Gasteiger partial charge on any atom is 0.274 e. The fraction of sp³-hybridized carbons (Fsp3) is 0.0714. The lowest BCUT2D eigenvalue weighted by molar-refractivity contribution is 0.0985. The molecule has 0 aliphatic heterocycles. The van der Waals surface area contributed by atoms with Gasteiger partial charge in [-0.15, -0.1) is 6.58 Å². The maximum atomic E-state index is 12.2. The van der Waals surface area contributed by atoms with Crippen molar-refractivity contribution in [1.29, 1.82) is 0 Å². The van der Waals surface area contributed by atoms with E-state index in [-0.39, 0.29) is 5.91 Å². The van der Waals surface area contributed by atoms with E-state index in [1.165, 1.54) is 0 Å². The first-order valence-electron chi connectivity index (χ1n) is 5.44. The molecule has 1 amide bonds. The topological polar surface area (TPSA) is 36.1 Å². The largest absolute Gasteiger partial charge is 0.357 e. The van der Waals surface area contributed by atoms with Crippen molar-refractivity contribution in [3.05, 3.63) is 67.0 Å². The molecule has 2 rings (SSSR count). The predicted octanol–water partition coefficient (Wildman–Crippen LogP) is 2.85. The minimum absolute atomic E-state index is 0.0545. The number of rotatable bonds is 4. The molecule has 0 saturated carbocycles. The fourth-order valence-corrected chi connectivity index (χ4v) is 1.65. The number of hydrogen-bond acceptors (Lipinski definition) is 1. The Morgan fingerprint density at radius 1 is 1.24 bits per heavy atom. The Kier molecular flexibility index (Phi) is 3.40. The number of nitrogens with one attached hydrogen (secondary N) is 1.